The first-order valence-corrected chi connectivity index (χ1v) is 12.0. The van der Waals surface area contributed by atoms with Gasteiger partial charge in [-0.15, -0.1) is 0 Å². The quantitative estimate of drug-likeness (QED) is 0.0626. The molecule has 0 spiro atoms. The molecule has 1 aromatic rings. The van der Waals surface area contributed by atoms with E-state index >= 15 is 0 Å². The number of nitro benzene ring substituents is 1. The summed E-state index contributed by atoms with van der Waals surface area (Å²) in [5, 5.41) is 79.5. The van der Waals surface area contributed by atoms with Crippen molar-refractivity contribution in [3.05, 3.63) is 55.3 Å². The van der Waals surface area contributed by atoms with Crippen molar-refractivity contribution in [1.82, 2.24) is 0 Å². The van der Waals surface area contributed by atoms with Crippen molar-refractivity contribution in [2.75, 3.05) is 6.61 Å². The van der Waals surface area contributed by atoms with Crippen molar-refractivity contribution in [2.45, 2.75) is 80.2 Å². The Morgan fingerprint density at radius 1 is 1.20 bits per heavy atom. The van der Waals surface area contributed by atoms with Crippen LogP contribution in [0.25, 0.3) is 20.9 Å². The molecule has 2 saturated heterocycles. The number of carbonyl (C=O) groups is 1. The van der Waals surface area contributed by atoms with Crippen LogP contribution in [-0.2, 0) is 19.0 Å². The summed E-state index contributed by atoms with van der Waals surface area (Å²) in [7, 11) is 0. The number of carboxylic acid groups (broad SMARTS) is 1. The van der Waals surface area contributed by atoms with Crippen LogP contribution in [0.4, 0.5) is 5.69 Å². The summed E-state index contributed by atoms with van der Waals surface area (Å²) < 4.78 is 22.0. The zero-order valence-electron chi connectivity index (χ0n) is 21.2. The Bertz CT molecular complexity index is 1170. The van der Waals surface area contributed by atoms with Crippen molar-refractivity contribution < 1.29 is 59.3 Å². The molecule has 0 aromatic heterocycles. The minimum absolute atomic E-state index is 0.0159. The van der Waals surface area contributed by atoms with E-state index in [1.807, 2.05) is 0 Å². The van der Waals surface area contributed by atoms with E-state index in [9.17, 15) is 45.5 Å². The summed E-state index contributed by atoms with van der Waals surface area (Å²) >= 11 is 0. The lowest BCUT2D eigenvalue weighted by Crippen LogP contribution is -2.64. The third-order valence-electron chi connectivity index (χ3n) is 6.51. The van der Waals surface area contributed by atoms with Crippen molar-refractivity contribution >= 4 is 11.7 Å². The van der Waals surface area contributed by atoms with Gasteiger partial charge < -0.3 is 49.6 Å². The Balaban J connectivity index is 1.84. The van der Waals surface area contributed by atoms with E-state index in [4.69, 9.17) is 30.0 Å². The summed E-state index contributed by atoms with van der Waals surface area (Å²) in [4.78, 5) is 27.7. The van der Waals surface area contributed by atoms with Crippen molar-refractivity contribution in [2.24, 2.45) is 10.2 Å². The van der Waals surface area contributed by atoms with Gasteiger partial charge in [0.2, 0.25) is 6.29 Å². The van der Waals surface area contributed by atoms with Gasteiger partial charge in [0.1, 0.15) is 30.2 Å². The van der Waals surface area contributed by atoms with Gasteiger partial charge in [-0.3, -0.25) is 10.1 Å². The highest BCUT2D eigenvalue weighted by Crippen LogP contribution is 2.37. The van der Waals surface area contributed by atoms with Crippen LogP contribution in [0.1, 0.15) is 13.3 Å². The SMILES string of the molecule is C[C@@H](O)[C@@H](N=[N+]=[N-])C1O[C@@](OCC2O[C@@H](Oc3ccc([N+](=O)[O-])cc3)C(O)[C@@H](O)[C@H]2O)(C(=O)O)C[C@@H](O)[C@H]1N=[N+]=[N-]. The average molecular weight is 585 g/mol. The maximum absolute atomic E-state index is 12.3. The van der Waals surface area contributed by atoms with Gasteiger partial charge in [0.25, 0.3) is 11.5 Å². The van der Waals surface area contributed by atoms with E-state index in [1.165, 1.54) is 19.1 Å². The number of benzene rings is 1. The molecule has 41 heavy (non-hydrogen) atoms. The molecule has 2 aliphatic heterocycles. The lowest BCUT2D eigenvalue weighted by Gasteiger charge is -2.46. The van der Waals surface area contributed by atoms with Crippen LogP contribution < -0.4 is 4.74 Å². The third kappa shape index (κ3) is 6.92. The fourth-order valence-corrected chi connectivity index (χ4v) is 4.36. The molecule has 3 rings (SSSR count). The van der Waals surface area contributed by atoms with Gasteiger partial charge >= 0.3 is 5.97 Å². The van der Waals surface area contributed by atoms with E-state index in [-0.39, 0.29) is 11.4 Å². The van der Waals surface area contributed by atoms with Gasteiger partial charge in [0.15, 0.2) is 0 Å². The highest BCUT2D eigenvalue weighted by Gasteiger charge is 2.56. The van der Waals surface area contributed by atoms with Crippen LogP contribution in [0.5, 0.6) is 5.75 Å². The summed E-state index contributed by atoms with van der Waals surface area (Å²) in [5.41, 5.74) is 17.6. The van der Waals surface area contributed by atoms with Crippen LogP contribution in [0.3, 0.4) is 0 Å². The Morgan fingerprint density at radius 3 is 2.39 bits per heavy atom. The number of nitro groups is 1. The molecule has 20 heteroatoms. The van der Waals surface area contributed by atoms with Gasteiger partial charge in [-0.05, 0) is 30.1 Å². The summed E-state index contributed by atoms with van der Waals surface area (Å²) in [6.45, 7) is 0.341. The van der Waals surface area contributed by atoms with E-state index in [0.29, 0.717) is 0 Å². The number of aliphatic carboxylic acids is 1. The Morgan fingerprint density at radius 2 is 1.85 bits per heavy atom. The molecule has 0 radical (unpaired) electrons. The Labute approximate surface area is 229 Å². The molecule has 224 valence electrons. The number of nitrogens with zero attached hydrogens (tertiary/aromatic N) is 7. The second-order valence-corrected chi connectivity index (χ2v) is 9.24. The van der Waals surface area contributed by atoms with Crippen molar-refractivity contribution in [3.8, 4) is 5.75 Å². The fourth-order valence-electron chi connectivity index (χ4n) is 4.36. The van der Waals surface area contributed by atoms with Gasteiger partial charge in [-0.25, -0.2) is 4.79 Å². The molecule has 6 N–H and O–H groups in total. The standard InChI is InChI=1S/C21H27N7O13/c1-8(29)13(24-26-22)18-14(25-27-23)11(30)6-21(41-18,20(34)35)38-7-12-15(31)16(32)17(33)19(40-12)39-10-4-2-9(3-5-10)28(36)37/h2-5,8,11-19,29-33H,6-7H2,1H3,(H,34,35)/t8-,11-,12?,13-,14-,15+,16+,17?,18?,19-,21-/m1/s1. The molecule has 0 saturated carbocycles. The highest BCUT2D eigenvalue weighted by atomic mass is 16.7. The number of carboxylic acids is 1. The van der Waals surface area contributed by atoms with Crippen molar-refractivity contribution in [1.29, 1.82) is 0 Å². The molecule has 0 amide bonds. The zero-order valence-corrected chi connectivity index (χ0v) is 21.2. The van der Waals surface area contributed by atoms with Crippen molar-refractivity contribution in [3.63, 3.8) is 0 Å². The highest BCUT2D eigenvalue weighted by molar-refractivity contribution is 5.76. The van der Waals surface area contributed by atoms with E-state index < -0.39 is 90.8 Å². The monoisotopic (exact) mass is 585 g/mol. The second kappa shape index (κ2) is 13.2. The van der Waals surface area contributed by atoms with Crippen LogP contribution in [0.15, 0.2) is 34.5 Å². The predicted molar refractivity (Wildman–Crippen MR) is 130 cm³/mol. The number of aliphatic hydroxyl groups excluding tert-OH is 5. The van der Waals surface area contributed by atoms with E-state index in [2.05, 4.69) is 20.1 Å². The predicted octanol–water partition coefficient (Wildman–Crippen LogP) is -0.533. The lowest BCUT2D eigenvalue weighted by atomic mass is 9.88. The topological polar surface area (TPSA) is 316 Å². The van der Waals surface area contributed by atoms with Crippen LogP contribution >= 0.6 is 0 Å². The molecule has 3 unspecified atom stereocenters. The summed E-state index contributed by atoms with van der Waals surface area (Å²) in [6.07, 6.45) is -14.5. The lowest BCUT2D eigenvalue weighted by molar-refractivity contribution is -0.384. The van der Waals surface area contributed by atoms with E-state index in [0.717, 1.165) is 12.1 Å². The number of hydrogen-bond donors (Lipinski definition) is 6. The van der Waals surface area contributed by atoms with Crippen LogP contribution in [-0.4, -0.2) is 115 Å². The average Bonchev–Trinajstić information content (AvgIpc) is 2.92. The van der Waals surface area contributed by atoms with Crippen LogP contribution in [0.2, 0.25) is 0 Å². The third-order valence-corrected chi connectivity index (χ3v) is 6.51. The normalized spacial score (nSPS) is 34.8. The van der Waals surface area contributed by atoms with E-state index in [1.54, 1.807) is 0 Å². The summed E-state index contributed by atoms with van der Waals surface area (Å²) in [6, 6.07) is 1.55. The molecule has 2 fully saturated rings. The minimum atomic E-state index is -2.72. The number of aliphatic hydroxyl groups is 5. The molecular formula is C21H27N7O13. The second-order valence-electron chi connectivity index (χ2n) is 9.24. The minimum Gasteiger partial charge on any atom is -0.477 e. The Kier molecular flexibility index (Phi) is 10.2. The zero-order chi connectivity index (χ0) is 30.5. The molecule has 2 aliphatic rings. The number of non-ortho nitro benzene ring substituents is 1. The summed E-state index contributed by atoms with van der Waals surface area (Å²) in [5.74, 6) is -4.53. The molecule has 11 atom stereocenters. The number of ether oxygens (including phenoxy) is 4. The molecular weight excluding hydrogens is 558 g/mol. The van der Waals surface area contributed by atoms with Gasteiger partial charge in [-0.2, -0.15) is 0 Å². The van der Waals surface area contributed by atoms with Crippen LogP contribution in [0, 0.1) is 10.1 Å². The molecule has 20 nitrogen and oxygen atoms in total. The maximum atomic E-state index is 12.3. The Hall–Kier alpha value is -3.81. The molecule has 1 aromatic carbocycles. The smallest absolute Gasteiger partial charge is 0.364 e. The maximum Gasteiger partial charge on any atom is 0.364 e. The molecule has 0 bridgehead atoms. The van der Waals surface area contributed by atoms with Gasteiger partial charge in [-0.1, -0.05) is 10.2 Å². The first kappa shape index (κ1) is 31.7. The molecule has 2 heterocycles. The largest absolute Gasteiger partial charge is 0.477 e. The first-order chi connectivity index (χ1) is 19.3. The number of azide groups is 2. The molecule has 0 aliphatic carbocycles. The van der Waals surface area contributed by atoms with Gasteiger partial charge in [0, 0.05) is 28.4 Å². The first-order valence-electron chi connectivity index (χ1n) is 12.0. The van der Waals surface area contributed by atoms with Gasteiger partial charge in [0.05, 0.1) is 41.9 Å². The fraction of sp³-hybridized carbons (Fsp3) is 0.667. The number of hydrogen-bond acceptors (Lipinski definition) is 14. The number of rotatable bonds is 11.